The Morgan fingerprint density at radius 1 is 1.42 bits per heavy atom. The Morgan fingerprint density at radius 2 is 2.21 bits per heavy atom. The van der Waals surface area contributed by atoms with E-state index in [9.17, 15) is 0 Å². The highest BCUT2D eigenvalue weighted by Crippen LogP contribution is 2.31. The van der Waals surface area contributed by atoms with Crippen molar-refractivity contribution >= 4 is 17.4 Å². The number of anilines is 1. The Labute approximate surface area is 118 Å². The molecule has 0 bridgehead atoms. The molecule has 0 unspecified atom stereocenters. The highest BCUT2D eigenvalue weighted by Gasteiger charge is 2.30. The molecule has 1 aliphatic carbocycles. The molecule has 1 aliphatic rings. The van der Waals surface area contributed by atoms with Crippen molar-refractivity contribution in [1.82, 2.24) is 9.97 Å². The quantitative estimate of drug-likeness (QED) is 0.686. The molecule has 0 saturated heterocycles. The van der Waals surface area contributed by atoms with Crippen molar-refractivity contribution in [1.29, 1.82) is 0 Å². The van der Waals surface area contributed by atoms with Gasteiger partial charge >= 0.3 is 0 Å². The molecule has 2 rings (SSSR count). The van der Waals surface area contributed by atoms with Gasteiger partial charge in [0.1, 0.15) is 17.6 Å². The zero-order valence-corrected chi connectivity index (χ0v) is 12.2. The summed E-state index contributed by atoms with van der Waals surface area (Å²) in [6.07, 6.45) is 2.40. The summed E-state index contributed by atoms with van der Waals surface area (Å²) >= 11 is 6.07. The highest BCUT2D eigenvalue weighted by molar-refractivity contribution is 6.29. The maximum absolute atomic E-state index is 6.07. The van der Waals surface area contributed by atoms with Gasteiger partial charge in [-0.25, -0.2) is 9.97 Å². The molecule has 1 heterocycles. The van der Waals surface area contributed by atoms with Gasteiger partial charge in [0.2, 0.25) is 0 Å². The Kier molecular flexibility index (Phi) is 5.36. The second kappa shape index (κ2) is 7.03. The summed E-state index contributed by atoms with van der Waals surface area (Å²) in [5.74, 6) is 1.50. The topological polar surface area (TPSA) is 47.5 Å². The Morgan fingerprint density at radius 3 is 2.84 bits per heavy atom. The summed E-state index contributed by atoms with van der Waals surface area (Å²) in [7, 11) is 1.71. The molecular weight excluding hydrogens is 266 g/mol. The summed E-state index contributed by atoms with van der Waals surface area (Å²) in [5, 5.41) is 0.461. The molecule has 106 valence electrons. The van der Waals surface area contributed by atoms with Crippen molar-refractivity contribution < 1.29 is 9.47 Å². The maximum Gasteiger partial charge on any atom is 0.158 e. The van der Waals surface area contributed by atoms with Crippen molar-refractivity contribution in [2.45, 2.75) is 32.4 Å². The van der Waals surface area contributed by atoms with Crippen LogP contribution >= 0.6 is 11.6 Å². The third kappa shape index (κ3) is 4.30. The summed E-state index contributed by atoms with van der Waals surface area (Å²) in [5.41, 5.74) is 0. The standard InChI is InChI=1S/C13H20ClN3O2/c1-3-19-9-12-15-11(14)8-13(16-12)17(6-7-18-2)10-4-5-10/h8,10H,3-7,9H2,1-2H3. The van der Waals surface area contributed by atoms with Gasteiger partial charge in [-0.1, -0.05) is 11.6 Å². The van der Waals surface area contributed by atoms with Crippen molar-refractivity contribution in [2.24, 2.45) is 0 Å². The van der Waals surface area contributed by atoms with Crippen LogP contribution in [-0.2, 0) is 16.1 Å². The van der Waals surface area contributed by atoms with Crippen molar-refractivity contribution in [3.05, 3.63) is 17.0 Å². The second-order valence-electron chi connectivity index (χ2n) is 4.52. The van der Waals surface area contributed by atoms with Crippen molar-refractivity contribution in [3.63, 3.8) is 0 Å². The van der Waals surface area contributed by atoms with Crippen LogP contribution in [0.4, 0.5) is 5.82 Å². The van der Waals surface area contributed by atoms with Crippen LogP contribution in [0.3, 0.4) is 0 Å². The van der Waals surface area contributed by atoms with Crippen LogP contribution in [0.2, 0.25) is 5.15 Å². The number of hydrogen-bond donors (Lipinski definition) is 0. The van der Waals surface area contributed by atoms with E-state index < -0.39 is 0 Å². The van der Waals surface area contributed by atoms with Crippen LogP contribution in [0, 0.1) is 0 Å². The van der Waals surface area contributed by atoms with E-state index in [-0.39, 0.29) is 0 Å². The molecule has 5 nitrogen and oxygen atoms in total. The van der Waals surface area contributed by atoms with Gasteiger partial charge in [0, 0.05) is 32.4 Å². The van der Waals surface area contributed by atoms with Gasteiger partial charge in [0.05, 0.1) is 6.61 Å². The summed E-state index contributed by atoms with van der Waals surface area (Å²) < 4.78 is 10.5. The fourth-order valence-electron chi connectivity index (χ4n) is 1.92. The predicted octanol–water partition coefficient (Wildman–Crippen LogP) is 2.28. The lowest BCUT2D eigenvalue weighted by molar-refractivity contribution is 0.128. The van der Waals surface area contributed by atoms with Crippen LogP contribution in [0.25, 0.3) is 0 Å². The van der Waals surface area contributed by atoms with Gasteiger partial charge in [-0.05, 0) is 19.8 Å². The first kappa shape index (κ1) is 14.5. The Hall–Kier alpha value is -0.910. The molecule has 1 saturated carbocycles. The highest BCUT2D eigenvalue weighted by atomic mass is 35.5. The van der Waals surface area contributed by atoms with E-state index in [0.717, 1.165) is 12.4 Å². The van der Waals surface area contributed by atoms with Crippen LogP contribution < -0.4 is 4.90 Å². The van der Waals surface area contributed by atoms with Gasteiger partial charge in [-0.3, -0.25) is 0 Å². The molecule has 1 fully saturated rings. The van der Waals surface area contributed by atoms with Crippen LogP contribution in [0.15, 0.2) is 6.07 Å². The van der Waals surface area contributed by atoms with Crippen LogP contribution in [0.5, 0.6) is 0 Å². The molecule has 0 amide bonds. The van der Waals surface area contributed by atoms with E-state index in [4.69, 9.17) is 21.1 Å². The van der Waals surface area contributed by atoms with Crippen LogP contribution in [0.1, 0.15) is 25.6 Å². The average molecular weight is 286 g/mol. The first-order valence-corrected chi connectivity index (χ1v) is 6.99. The molecule has 0 aliphatic heterocycles. The number of nitrogens with zero attached hydrogens (tertiary/aromatic N) is 3. The predicted molar refractivity (Wildman–Crippen MR) is 74.6 cm³/mol. The fraction of sp³-hybridized carbons (Fsp3) is 0.692. The average Bonchev–Trinajstić information content (AvgIpc) is 3.21. The van der Waals surface area contributed by atoms with Crippen LogP contribution in [-0.4, -0.2) is 42.9 Å². The van der Waals surface area contributed by atoms with E-state index in [2.05, 4.69) is 14.9 Å². The van der Waals surface area contributed by atoms with Gasteiger partial charge in [0.15, 0.2) is 5.82 Å². The van der Waals surface area contributed by atoms with Gasteiger partial charge in [0.25, 0.3) is 0 Å². The molecule has 1 aromatic heterocycles. The number of rotatable bonds is 8. The largest absolute Gasteiger partial charge is 0.383 e. The summed E-state index contributed by atoms with van der Waals surface area (Å²) in [6, 6.07) is 2.37. The SMILES string of the molecule is CCOCc1nc(Cl)cc(N(CCOC)C2CC2)n1. The van der Waals surface area contributed by atoms with E-state index in [1.165, 1.54) is 12.8 Å². The van der Waals surface area contributed by atoms with Crippen molar-refractivity contribution in [2.75, 3.05) is 31.8 Å². The minimum absolute atomic E-state index is 0.396. The normalized spacial score (nSPS) is 14.7. The third-order valence-corrected chi connectivity index (χ3v) is 3.17. The molecule has 0 N–H and O–H groups in total. The number of aromatic nitrogens is 2. The zero-order chi connectivity index (χ0) is 13.7. The zero-order valence-electron chi connectivity index (χ0n) is 11.4. The lowest BCUT2D eigenvalue weighted by Crippen LogP contribution is -2.30. The molecule has 0 atom stereocenters. The number of ether oxygens (including phenoxy) is 2. The summed E-state index contributed by atoms with van der Waals surface area (Å²) in [6.45, 7) is 4.48. The smallest absolute Gasteiger partial charge is 0.158 e. The minimum atomic E-state index is 0.396. The number of hydrogen-bond acceptors (Lipinski definition) is 5. The fourth-order valence-corrected chi connectivity index (χ4v) is 2.11. The maximum atomic E-state index is 6.07. The van der Waals surface area contributed by atoms with Crippen molar-refractivity contribution in [3.8, 4) is 0 Å². The number of halogens is 1. The lowest BCUT2D eigenvalue weighted by Gasteiger charge is -2.23. The Balaban J connectivity index is 2.13. The summed E-state index contributed by atoms with van der Waals surface area (Å²) in [4.78, 5) is 11.0. The van der Waals surface area contributed by atoms with Gasteiger partial charge in [-0.15, -0.1) is 0 Å². The molecule has 19 heavy (non-hydrogen) atoms. The molecule has 0 spiro atoms. The van der Waals surface area contributed by atoms with E-state index >= 15 is 0 Å². The first-order valence-electron chi connectivity index (χ1n) is 6.61. The molecule has 6 heteroatoms. The van der Waals surface area contributed by atoms with E-state index in [1.54, 1.807) is 7.11 Å². The first-order chi connectivity index (χ1) is 9.24. The molecular formula is C13H20ClN3O2. The third-order valence-electron chi connectivity index (χ3n) is 2.98. The monoisotopic (exact) mass is 285 g/mol. The van der Waals surface area contributed by atoms with Gasteiger partial charge < -0.3 is 14.4 Å². The lowest BCUT2D eigenvalue weighted by atomic mass is 10.4. The molecule has 1 aromatic rings. The second-order valence-corrected chi connectivity index (χ2v) is 4.91. The Bertz CT molecular complexity index is 413. The van der Waals surface area contributed by atoms with E-state index in [1.807, 2.05) is 13.0 Å². The van der Waals surface area contributed by atoms with E-state index in [0.29, 0.717) is 36.8 Å². The molecule has 0 radical (unpaired) electrons. The van der Waals surface area contributed by atoms with Gasteiger partial charge in [-0.2, -0.15) is 0 Å². The minimum Gasteiger partial charge on any atom is -0.383 e. The number of methoxy groups -OCH3 is 1. The molecule has 0 aromatic carbocycles.